The molecule has 2 nitrogen and oxygen atoms in total. The number of rotatable bonds is 4. The fourth-order valence-corrected chi connectivity index (χ4v) is 3.77. The normalized spacial score (nSPS) is 12.0. The summed E-state index contributed by atoms with van der Waals surface area (Å²) < 4.78 is 2.26. The number of benzene rings is 1. The van der Waals surface area contributed by atoms with Crippen molar-refractivity contribution in [3.05, 3.63) is 71.2 Å². The van der Waals surface area contributed by atoms with Crippen LogP contribution in [0, 0.1) is 6.92 Å². The molecule has 0 amide bonds. The van der Waals surface area contributed by atoms with Crippen molar-refractivity contribution in [2.45, 2.75) is 44.6 Å². The van der Waals surface area contributed by atoms with Crippen molar-refractivity contribution in [2.75, 3.05) is 0 Å². The molecule has 0 radical (unpaired) electrons. The maximum Gasteiger partial charge on any atom is 0.137 e. The van der Waals surface area contributed by atoms with Gasteiger partial charge in [0.2, 0.25) is 0 Å². The fourth-order valence-electron chi connectivity index (χ4n) is 2.78. The molecule has 2 aromatic heterocycles. The van der Waals surface area contributed by atoms with Crippen LogP contribution in [0.2, 0.25) is 0 Å². The first-order valence-corrected chi connectivity index (χ1v) is 9.20. The molecule has 3 aromatic rings. The number of hydrogen-bond acceptors (Lipinski definition) is 2. The van der Waals surface area contributed by atoms with E-state index in [1.54, 1.807) is 0 Å². The third-order valence-electron chi connectivity index (χ3n) is 3.94. The van der Waals surface area contributed by atoms with Gasteiger partial charge in [-0.3, -0.25) is 0 Å². The van der Waals surface area contributed by atoms with Crippen LogP contribution in [0.15, 0.2) is 48.7 Å². The molecule has 0 atom stereocenters. The Kier molecular flexibility index (Phi) is 4.49. The van der Waals surface area contributed by atoms with Crippen LogP contribution < -0.4 is 0 Å². The second-order valence-corrected chi connectivity index (χ2v) is 8.05. The lowest BCUT2D eigenvalue weighted by Crippen LogP contribution is -2.14. The molecular formula is C20H24N2S. The number of fused-ring (bicyclic) bond motifs is 1. The van der Waals surface area contributed by atoms with Crippen LogP contribution in [0.4, 0.5) is 0 Å². The van der Waals surface area contributed by atoms with Gasteiger partial charge >= 0.3 is 0 Å². The van der Waals surface area contributed by atoms with Crippen LogP contribution in [0.1, 0.15) is 43.3 Å². The summed E-state index contributed by atoms with van der Waals surface area (Å²) in [5.74, 6) is 2.01. The van der Waals surface area contributed by atoms with Gasteiger partial charge in [0, 0.05) is 23.1 Å². The molecule has 3 heteroatoms. The lowest BCUT2D eigenvalue weighted by molar-refractivity contribution is 0.567. The molecule has 0 N–H and O–H groups in total. The van der Waals surface area contributed by atoms with E-state index in [9.17, 15) is 0 Å². The van der Waals surface area contributed by atoms with Gasteiger partial charge in [0.1, 0.15) is 5.65 Å². The van der Waals surface area contributed by atoms with E-state index < -0.39 is 0 Å². The Morgan fingerprint density at radius 1 is 1.04 bits per heavy atom. The predicted octanol–water partition coefficient (Wildman–Crippen LogP) is 5.37. The van der Waals surface area contributed by atoms with E-state index in [1.165, 1.54) is 22.5 Å². The van der Waals surface area contributed by atoms with Crippen LogP contribution in [-0.2, 0) is 16.9 Å². The predicted molar refractivity (Wildman–Crippen MR) is 100 cm³/mol. The molecule has 0 saturated heterocycles. The van der Waals surface area contributed by atoms with E-state index in [1.807, 2.05) is 11.8 Å². The SMILES string of the molecule is Cc1ccn2c(CSCc3ccccc3)c(C(C)(C)C)nc2c1. The largest absolute Gasteiger partial charge is 0.303 e. The Bertz CT molecular complexity index is 798. The molecule has 0 aliphatic rings. The molecule has 0 spiro atoms. The molecule has 120 valence electrons. The Morgan fingerprint density at radius 2 is 1.78 bits per heavy atom. The van der Waals surface area contributed by atoms with Crippen molar-refractivity contribution in [3.8, 4) is 0 Å². The van der Waals surface area contributed by atoms with Crippen LogP contribution in [0.25, 0.3) is 5.65 Å². The van der Waals surface area contributed by atoms with Crippen molar-refractivity contribution < 1.29 is 0 Å². The minimum absolute atomic E-state index is 0.0581. The Labute approximate surface area is 143 Å². The van der Waals surface area contributed by atoms with E-state index in [2.05, 4.69) is 80.8 Å². The molecule has 2 heterocycles. The second-order valence-electron chi connectivity index (χ2n) is 7.07. The van der Waals surface area contributed by atoms with E-state index in [0.29, 0.717) is 0 Å². The average Bonchev–Trinajstić information content (AvgIpc) is 2.86. The summed E-state index contributed by atoms with van der Waals surface area (Å²) in [5.41, 5.74) is 6.29. The zero-order valence-corrected chi connectivity index (χ0v) is 15.2. The number of thioether (sulfide) groups is 1. The minimum Gasteiger partial charge on any atom is -0.303 e. The summed E-state index contributed by atoms with van der Waals surface area (Å²) in [4.78, 5) is 4.92. The van der Waals surface area contributed by atoms with Crippen LogP contribution in [0.3, 0.4) is 0 Å². The molecule has 0 aliphatic heterocycles. The van der Waals surface area contributed by atoms with Gasteiger partial charge in [-0.25, -0.2) is 4.98 Å². The number of pyridine rings is 1. The van der Waals surface area contributed by atoms with Crippen molar-refractivity contribution in [3.63, 3.8) is 0 Å². The molecule has 0 aliphatic carbocycles. The van der Waals surface area contributed by atoms with Crippen LogP contribution in [-0.4, -0.2) is 9.38 Å². The molecule has 0 unspecified atom stereocenters. The van der Waals surface area contributed by atoms with Gasteiger partial charge in [-0.15, -0.1) is 0 Å². The van der Waals surface area contributed by atoms with Crippen LogP contribution in [0.5, 0.6) is 0 Å². The monoisotopic (exact) mass is 324 g/mol. The highest BCUT2D eigenvalue weighted by atomic mass is 32.2. The van der Waals surface area contributed by atoms with Gasteiger partial charge in [-0.2, -0.15) is 11.8 Å². The van der Waals surface area contributed by atoms with Gasteiger partial charge in [0.05, 0.1) is 11.4 Å². The van der Waals surface area contributed by atoms with Gasteiger partial charge < -0.3 is 4.40 Å². The zero-order valence-electron chi connectivity index (χ0n) is 14.3. The molecule has 0 bridgehead atoms. The summed E-state index contributed by atoms with van der Waals surface area (Å²) in [6.07, 6.45) is 2.16. The summed E-state index contributed by atoms with van der Waals surface area (Å²) in [7, 11) is 0. The van der Waals surface area contributed by atoms with E-state index in [-0.39, 0.29) is 5.41 Å². The highest BCUT2D eigenvalue weighted by Crippen LogP contribution is 2.30. The number of aromatic nitrogens is 2. The number of imidazole rings is 1. The molecule has 1 aromatic carbocycles. The lowest BCUT2D eigenvalue weighted by Gasteiger charge is -2.18. The van der Waals surface area contributed by atoms with Gasteiger partial charge in [-0.05, 0) is 30.2 Å². The van der Waals surface area contributed by atoms with E-state index >= 15 is 0 Å². The number of aryl methyl sites for hydroxylation is 1. The Morgan fingerprint density at radius 3 is 2.48 bits per heavy atom. The smallest absolute Gasteiger partial charge is 0.137 e. The van der Waals surface area contributed by atoms with Crippen LogP contribution >= 0.6 is 11.8 Å². The number of nitrogens with zero attached hydrogens (tertiary/aromatic N) is 2. The third kappa shape index (κ3) is 3.61. The minimum atomic E-state index is 0.0581. The van der Waals surface area contributed by atoms with Crippen molar-refractivity contribution >= 4 is 17.4 Å². The summed E-state index contributed by atoms with van der Waals surface area (Å²) >= 11 is 1.95. The quantitative estimate of drug-likeness (QED) is 0.641. The standard InChI is InChI=1S/C20H24N2S/c1-15-10-11-22-17(14-23-13-16-8-6-5-7-9-16)19(20(2,3)4)21-18(22)12-15/h5-12H,13-14H2,1-4H3. The van der Waals surface area contributed by atoms with Crippen molar-refractivity contribution in [1.82, 2.24) is 9.38 Å². The molecule has 0 fully saturated rings. The first-order valence-electron chi connectivity index (χ1n) is 8.05. The van der Waals surface area contributed by atoms with Gasteiger partial charge in [0.25, 0.3) is 0 Å². The zero-order chi connectivity index (χ0) is 16.4. The molecule has 23 heavy (non-hydrogen) atoms. The second kappa shape index (κ2) is 6.40. The number of hydrogen-bond donors (Lipinski definition) is 0. The van der Waals surface area contributed by atoms with E-state index in [4.69, 9.17) is 4.98 Å². The Hall–Kier alpha value is -1.74. The maximum absolute atomic E-state index is 4.92. The highest BCUT2D eigenvalue weighted by Gasteiger charge is 2.23. The average molecular weight is 324 g/mol. The lowest BCUT2D eigenvalue weighted by atomic mass is 9.91. The third-order valence-corrected chi connectivity index (χ3v) is 4.96. The van der Waals surface area contributed by atoms with Crippen molar-refractivity contribution in [1.29, 1.82) is 0 Å². The van der Waals surface area contributed by atoms with E-state index in [0.717, 1.165) is 17.2 Å². The molecular weight excluding hydrogens is 300 g/mol. The molecule has 3 rings (SSSR count). The first kappa shape index (κ1) is 16.1. The maximum atomic E-state index is 4.92. The van der Waals surface area contributed by atoms with Crippen molar-refractivity contribution in [2.24, 2.45) is 0 Å². The Balaban J connectivity index is 1.89. The highest BCUT2D eigenvalue weighted by molar-refractivity contribution is 7.97. The van der Waals surface area contributed by atoms with Gasteiger partial charge in [0.15, 0.2) is 0 Å². The fraction of sp³-hybridized carbons (Fsp3) is 0.350. The first-order chi connectivity index (χ1) is 10.9. The summed E-state index contributed by atoms with van der Waals surface area (Å²) in [6.45, 7) is 8.85. The summed E-state index contributed by atoms with van der Waals surface area (Å²) in [5, 5.41) is 0. The van der Waals surface area contributed by atoms with Gasteiger partial charge in [-0.1, -0.05) is 51.1 Å². The summed E-state index contributed by atoms with van der Waals surface area (Å²) in [6, 6.07) is 15.0. The molecule has 0 saturated carbocycles. The topological polar surface area (TPSA) is 17.3 Å².